The Morgan fingerprint density at radius 3 is 2.89 bits per heavy atom. The molecule has 192 valence electrons. The van der Waals surface area contributed by atoms with Crippen LogP contribution in [0.1, 0.15) is 12.5 Å². The van der Waals surface area contributed by atoms with Crippen LogP contribution in [0.5, 0.6) is 0 Å². The molecule has 0 spiro atoms. The van der Waals surface area contributed by atoms with Crippen molar-refractivity contribution in [3.63, 3.8) is 0 Å². The number of nitrogens with one attached hydrogen (secondary N) is 2. The van der Waals surface area contributed by atoms with E-state index in [1.54, 1.807) is 24.7 Å². The highest BCUT2D eigenvalue weighted by molar-refractivity contribution is 5.92. The van der Waals surface area contributed by atoms with Gasteiger partial charge in [0, 0.05) is 43.2 Å². The first kappa shape index (κ1) is 25.1. The highest BCUT2D eigenvalue weighted by Gasteiger charge is 2.15. The number of nitrogens with two attached hydrogens (primary N) is 1. The SMILES string of the molecule is C/C=C/C(=C\C(C#Cc1cn[nH]c1-c1nc2c(-c3cccc(F)c3)cncc2[nH]1)=C/N)CN1CCOCC1. The molecule has 0 radical (unpaired) electrons. The van der Waals surface area contributed by atoms with Crippen molar-refractivity contribution in [2.75, 3.05) is 32.8 Å². The fraction of sp³-hybridized carbons (Fsp3) is 0.207. The van der Waals surface area contributed by atoms with Gasteiger partial charge in [0.1, 0.15) is 11.5 Å². The van der Waals surface area contributed by atoms with Gasteiger partial charge >= 0.3 is 0 Å². The summed E-state index contributed by atoms with van der Waals surface area (Å²) in [5, 5.41) is 7.17. The topological polar surface area (TPSA) is 109 Å². The van der Waals surface area contributed by atoms with Crippen LogP contribution in [0.25, 0.3) is 33.7 Å². The predicted octanol–water partition coefficient (Wildman–Crippen LogP) is 4.18. The third-order valence-electron chi connectivity index (χ3n) is 6.16. The highest BCUT2D eigenvalue weighted by atomic mass is 19.1. The van der Waals surface area contributed by atoms with Crippen molar-refractivity contribution in [1.29, 1.82) is 0 Å². The monoisotopic (exact) mass is 509 g/mol. The molecule has 0 bridgehead atoms. The number of benzene rings is 1. The van der Waals surface area contributed by atoms with Gasteiger partial charge in [-0.3, -0.25) is 15.0 Å². The van der Waals surface area contributed by atoms with Crippen molar-refractivity contribution < 1.29 is 9.13 Å². The lowest BCUT2D eigenvalue weighted by atomic mass is 10.1. The van der Waals surface area contributed by atoms with E-state index in [9.17, 15) is 4.39 Å². The Kier molecular flexibility index (Phi) is 7.73. The number of halogens is 1. The van der Waals surface area contributed by atoms with E-state index >= 15 is 0 Å². The van der Waals surface area contributed by atoms with E-state index in [2.05, 4.69) is 43.0 Å². The molecule has 5 rings (SSSR count). The molecule has 0 saturated carbocycles. The van der Waals surface area contributed by atoms with Gasteiger partial charge < -0.3 is 15.5 Å². The van der Waals surface area contributed by atoms with Crippen molar-refractivity contribution in [1.82, 2.24) is 30.0 Å². The van der Waals surface area contributed by atoms with Crippen molar-refractivity contribution in [2.45, 2.75) is 6.92 Å². The zero-order valence-electron chi connectivity index (χ0n) is 21.0. The van der Waals surface area contributed by atoms with Gasteiger partial charge in [-0.05, 0) is 36.3 Å². The van der Waals surface area contributed by atoms with E-state index in [0.29, 0.717) is 33.7 Å². The summed E-state index contributed by atoms with van der Waals surface area (Å²) in [7, 11) is 0. The lowest BCUT2D eigenvalue weighted by Crippen LogP contribution is -2.37. The molecule has 1 saturated heterocycles. The summed E-state index contributed by atoms with van der Waals surface area (Å²) in [4.78, 5) is 14.7. The molecular formula is C29H28FN7O. The molecule has 1 aliphatic rings. The number of imidazole rings is 1. The quantitative estimate of drug-likeness (QED) is 0.266. The third-order valence-corrected chi connectivity index (χ3v) is 6.16. The first-order valence-corrected chi connectivity index (χ1v) is 12.4. The molecule has 4 heterocycles. The van der Waals surface area contributed by atoms with Gasteiger partial charge in [-0.2, -0.15) is 5.10 Å². The zero-order valence-corrected chi connectivity index (χ0v) is 21.0. The average molecular weight is 510 g/mol. The number of aromatic amines is 2. The summed E-state index contributed by atoms with van der Waals surface area (Å²) in [5.41, 5.74) is 11.9. The number of fused-ring (bicyclic) bond motifs is 1. The average Bonchev–Trinajstić information content (AvgIpc) is 3.58. The van der Waals surface area contributed by atoms with Crippen molar-refractivity contribution >= 4 is 11.0 Å². The molecule has 1 aromatic carbocycles. The maximum absolute atomic E-state index is 13.8. The minimum absolute atomic E-state index is 0.318. The number of allylic oxidation sites excluding steroid dienone is 3. The van der Waals surface area contributed by atoms with Crippen LogP contribution in [0.3, 0.4) is 0 Å². The van der Waals surface area contributed by atoms with E-state index in [4.69, 9.17) is 15.5 Å². The smallest absolute Gasteiger partial charge is 0.157 e. The molecule has 9 heteroatoms. The second kappa shape index (κ2) is 11.7. The molecule has 8 nitrogen and oxygen atoms in total. The number of ether oxygens (including phenoxy) is 1. The van der Waals surface area contributed by atoms with Crippen LogP contribution in [0.4, 0.5) is 4.39 Å². The Hall–Kier alpha value is -4.52. The van der Waals surface area contributed by atoms with E-state index in [1.165, 1.54) is 18.3 Å². The predicted molar refractivity (Wildman–Crippen MR) is 146 cm³/mol. The Balaban J connectivity index is 1.43. The largest absolute Gasteiger partial charge is 0.404 e. The van der Waals surface area contributed by atoms with Crippen LogP contribution < -0.4 is 5.73 Å². The molecule has 38 heavy (non-hydrogen) atoms. The van der Waals surface area contributed by atoms with Gasteiger partial charge in [0.15, 0.2) is 5.82 Å². The van der Waals surface area contributed by atoms with Crippen LogP contribution in [-0.2, 0) is 4.74 Å². The van der Waals surface area contributed by atoms with Crippen LogP contribution in [0.15, 0.2) is 78.4 Å². The number of rotatable bonds is 6. The second-order valence-corrected chi connectivity index (χ2v) is 8.82. The Morgan fingerprint density at radius 1 is 1.24 bits per heavy atom. The first-order valence-electron chi connectivity index (χ1n) is 12.4. The maximum atomic E-state index is 13.8. The van der Waals surface area contributed by atoms with Crippen molar-refractivity contribution in [2.24, 2.45) is 5.73 Å². The standard InChI is InChI=1S/C29H28FN7O/c1-2-4-21(19-37-9-11-38-12-10-37)13-20(15-31)7-8-23-16-33-36-27(23)29-34-26-18-32-17-25(28(26)35-29)22-5-3-6-24(30)14-22/h2-6,13-18H,9-12,19,31H2,1H3,(H,33,36)(H,34,35)/b4-2+,20-15-,21-13+. The first-order chi connectivity index (χ1) is 18.6. The van der Waals surface area contributed by atoms with E-state index < -0.39 is 0 Å². The summed E-state index contributed by atoms with van der Waals surface area (Å²) in [6, 6.07) is 6.37. The summed E-state index contributed by atoms with van der Waals surface area (Å²) in [6.45, 7) is 6.07. The molecule has 3 aromatic heterocycles. The van der Waals surface area contributed by atoms with Crippen LogP contribution in [0.2, 0.25) is 0 Å². The van der Waals surface area contributed by atoms with Gasteiger partial charge in [-0.1, -0.05) is 36.1 Å². The number of nitrogens with zero attached hydrogens (tertiary/aromatic N) is 4. The summed E-state index contributed by atoms with van der Waals surface area (Å²) >= 11 is 0. The number of aromatic nitrogens is 5. The molecule has 0 aliphatic carbocycles. The normalized spacial score (nSPS) is 15.2. The van der Waals surface area contributed by atoms with Crippen molar-refractivity contribution in [3.05, 3.63) is 89.8 Å². The Labute approximate surface area is 220 Å². The summed E-state index contributed by atoms with van der Waals surface area (Å²) in [6.07, 6.45) is 12.6. The van der Waals surface area contributed by atoms with Gasteiger partial charge in [0.2, 0.25) is 0 Å². The number of hydrogen-bond donors (Lipinski definition) is 3. The summed E-state index contributed by atoms with van der Waals surface area (Å²) < 4.78 is 19.3. The van der Waals surface area contributed by atoms with Crippen molar-refractivity contribution in [3.8, 4) is 34.5 Å². The maximum Gasteiger partial charge on any atom is 0.157 e. The molecule has 1 aliphatic heterocycles. The molecule has 0 amide bonds. The lowest BCUT2D eigenvalue weighted by molar-refractivity contribution is 0.0426. The fourth-order valence-corrected chi connectivity index (χ4v) is 4.32. The van der Waals surface area contributed by atoms with E-state index in [-0.39, 0.29) is 5.82 Å². The molecule has 4 N–H and O–H groups in total. The summed E-state index contributed by atoms with van der Waals surface area (Å²) in [5.74, 6) is 6.58. The highest BCUT2D eigenvalue weighted by Crippen LogP contribution is 2.29. The van der Waals surface area contributed by atoms with E-state index in [1.807, 2.05) is 25.1 Å². The van der Waals surface area contributed by atoms with Crippen LogP contribution in [-0.4, -0.2) is 62.9 Å². The number of hydrogen-bond acceptors (Lipinski definition) is 6. The van der Waals surface area contributed by atoms with Crippen LogP contribution in [0, 0.1) is 17.7 Å². The second-order valence-electron chi connectivity index (χ2n) is 8.82. The molecular weight excluding hydrogens is 481 g/mol. The fourth-order valence-electron chi connectivity index (χ4n) is 4.32. The van der Waals surface area contributed by atoms with Gasteiger partial charge in [0.05, 0.1) is 42.2 Å². The van der Waals surface area contributed by atoms with Crippen LogP contribution >= 0.6 is 0 Å². The number of morpholine rings is 1. The van der Waals surface area contributed by atoms with E-state index in [0.717, 1.165) is 49.5 Å². The Bertz CT molecular complexity index is 1580. The molecule has 0 unspecified atom stereocenters. The van der Waals surface area contributed by atoms with Gasteiger partial charge in [-0.25, -0.2) is 9.37 Å². The lowest BCUT2D eigenvalue weighted by Gasteiger charge is -2.26. The Morgan fingerprint density at radius 2 is 2.11 bits per heavy atom. The molecule has 0 atom stereocenters. The molecule has 4 aromatic rings. The molecule has 1 fully saturated rings. The number of H-pyrrole nitrogens is 2. The minimum atomic E-state index is -0.318. The van der Waals surface area contributed by atoms with Gasteiger partial charge in [0.25, 0.3) is 0 Å². The minimum Gasteiger partial charge on any atom is -0.404 e. The van der Waals surface area contributed by atoms with Gasteiger partial charge in [-0.15, -0.1) is 0 Å². The third kappa shape index (κ3) is 5.72. The number of pyridine rings is 1. The zero-order chi connectivity index (χ0) is 26.3.